The van der Waals surface area contributed by atoms with E-state index in [1.165, 1.54) is 0 Å². The van der Waals surface area contributed by atoms with E-state index in [4.69, 9.17) is 0 Å². The molecule has 37 heavy (non-hydrogen) atoms. The summed E-state index contributed by atoms with van der Waals surface area (Å²) in [5.41, 5.74) is 4.16. The fourth-order valence-corrected chi connectivity index (χ4v) is 4.94. The Balaban J connectivity index is 1.15. The standard InChI is InChI=1S/C27H23N7O3/c35-24(28-18-12-9-17(10-13-18)11-14-23-29-31-32-30-23)15-16-33-25-19-5-1-2-6-20(19)27(37)34(25)22-8-4-3-7-21(22)26(33)36/h1-10,12-13,25H,11,14-16H2,(H,28,35)(H,29,30,31,32)/t25-/m1/s1. The molecule has 2 N–H and O–H groups in total. The largest absolute Gasteiger partial charge is 0.326 e. The van der Waals surface area contributed by atoms with Crippen LogP contribution in [0.2, 0.25) is 0 Å². The van der Waals surface area contributed by atoms with Gasteiger partial charge >= 0.3 is 0 Å². The van der Waals surface area contributed by atoms with Crippen LogP contribution < -0.4 is 10.2 Å². The van der Waals surface area contributed by atoms with Crippen molar-refractivity contribution in [3.8, 4) is 0 Å². The molecule has 2 aliphatic heterocycles. The van der Waals surface area contributed by atoms with Crippen molar-refractivity contribution in [3.63, 3.8) is 0 Å². The van der Waals surface area contributed by atoms with Crippen molar-refractivity contribution in [2.75, 3.05) is 16.8 Å². The summed E-state index contributed by atoms with van der Waals surface area (Å²) < 4.78 is 0. The first-order valence-electron chi connectivity index (χ1n) is 12.0. The number of tetrazole rings is 1. The predicted octanol–water partition coefficient (Wildman–Crippen LogP) is 3.13. The van der Waals surface area contributed by atoms with Crippen molar-refractivity contribution in [2.24, 2.45) is 0 Å². The summed E-state index contributed by atoms with van der Waals surface area (Å²) in [4.78, 5) is 42.8. The van der Waals surface area contributed by atoms with E-state index in [1.807, 2.05) is 48.5 Å². The highest BCUT2D eigenvalue weighted by Gasteiger charge is 2.47. The molecule has 0 saturated heterocycles. The van der Waals surface area contributed by atoms with E-state index in [0.717, 1.165) is 17.5 Å². The molecule has 0 spiro atoms. The molecule has 0 saturated carbocycles. The summed E-state index contributed by atoms with van der Waals surface area (Å²) in [6.45, 7) is 0.171. The van der Waals surface area contributed by atoms with Crippen LogP contribution in [0.1, 0.15) is 50.3 Å². The van der Waals surface area contributed by atoms with Crippen LogP contribution in [0.25, 0.3) is 0 Å². The second kappa shape index (κ2) is 9.30. The highest BCUT2D eigenvalue weighted by atomic mass is 16.2. The van der Waals surface area contributed by atoms with Crippen LogP contribution in [-0.4, -0.2) is 49.8 Å². The predicted molar refractivity (Wildman–Crippen MR) is 135 cm³/mol. The quantitative estimate of drug-likeness (QED) is 0.408. The van der Waals surface area contributed by atoms with Crippen molar-refractivity contribution in [3.05, 3.63) is 101 Å². The first-order valence-corrected chi connectivity index (χ1v) is 12.0. The Morgan fingerprint density at radius 1 is 0.892 bits per heavy atom. The number of nitrogens with one attached hydrogen (secondary N) is 2. The summed E-state index contributed by atoms with van der Waals surface area (Å²) in [5, 5.41) is 16.8. The van der Waals surface area contributed by atoms with Crippen LogP contribution >= 0.6 is 0 Å². The highest BCUT2D eigenvalue weighted by molar-refractivity contribution is 6.16. The molecule has 10 heteroatoms. The molecule has 1 aromatic heterocycles. The lowest BCUT2D eigenvalue weighted by Crippen LogP contribution is -2.48. The van der Waals surface area contributed by atoms with Crippen molar-refractivity contribution in [1.29, 1.82) is 0 Å². The normalized spacial score (nSPS) is 15.8. The van der Waals surface area contributed by atoms with E-state index in [0.29, 0.717) is 34.7 Å². The molecule has 184 valence electrons. The average molecular weight is 494 g/mol. The number of hydrogen-bond acceptors (Lipinski definition) is 6. The summed E-state index contributed by atoms with van der Waals surface area (Å²) in [6.07, 6.45) is 0.940. The Bertz CT molecular complexity index is 1480. The zero-order chi connectivity index (χ0) is 25.4. The second-order valence-electron chi connectivity index (χ2n) is 8.97. The number of carbonyl (C=O) groups is 3. The molecule has 0 fully saturated rings. The van der Waals surface area contributed by atoms with Crippen LogP contribution in [0.15, 0.2) is 72.8 Å². The Kier molecular flexibility index (Phi) is 5.68. The van der Waals surface area contributed by atoms with Crippen LogP contribution in [0.5, 0.6) is 0 Å². The molecule has 3 amide bonds. The third-order valence-electron chi connectivity index (χ3n) is 6.73. The van der Waals surface area contributed by atoms with Crippen LogP contribution in [0.3, 0.4) is 0 Å². The van der Waals surface area contributed by atoms with Crippen molar-refractivity contribution in [2.45, 2.75) is 25.4 Å². The van der Waals surface area contributed by atoms with E-state index in [1.54, 1.807) is 34.1 Å². The lowest BCUT2D eigenvalue weighted by atomic mass is 10.0. The molecule has 0 bridgehead atoms. The highest BCUT2D eigenvalue weighted by Crippen LogP contribution is 2.45. The van der Waals surface area contributed by atoms with Gasteiger partial charge in [-0.3, -0.25) is 19.3 Å². The van der Waals surface area contributed by atoms with Crippen molar-refractivity contribution in [1.82, 2.24) is 25.5 Å². The minimum absolute atomic E-state index is 0.0915. The van der Waals surface area contributed by atoms with Gasteiger partial charge in [0.15, 0.2) is 5.82 Å². The summed E-state index contributed by atoms with van der Waals surface area (Å²) in [7, 11) is 0. The van der Waals surface area contributed by atoms with Gasteiger partial charge in [0.05, 0.1) is 11.3 Å². The average Bonchev–Trinajstić information content (AvgIpc) is 3.55. The number of anilines is 2. The van der Waals surface area contributed by atoms with Crippen molar-refractivity contribution >= 4 is 29.1 Å². The number of nitrogens with zero attached hydrogens (tertiary/aromatic N) is 5. The lowest BCUT2D eigenvalue weighted by Gasteiger charge is -2.40. The first kappa shape index (κ1) is 22.6. The maximum absolute atomic E-state index is 13.5. The number of amides is 3. The molecule has 1 atom stereocenters. The van der Waals surface area contributed by atoms with E-state index in [2.05, 4.69) is 25.9 Å². The number of fused-ring (bicyclic) bond motifs is 5. The SMILES string of the molecule is O=C(CCN1C(=O)c2ccccc2N2C(=O)c3ccccc3[C@H]12)Nc1ccc(CCc2nn[nH]n2)cc1. The zero-order valence-electron chi connectivity index (χ0n) is 19.8. The molecule has 0 aliphatic carbocycles. The number of aromatic amines is 1. The molecule has 4 aromatic rings. The monoisotopic (exact) mass is 493 g/mol. The van der Waals surface area contributed by atoms with Gasteiger partial charge < -0.3 is 10.2 Å². The lowest BCUT2D eigenvalue weighted by molar-refractivity contribution is -0.116. The third-order valence-corrected chi connectivity index (χ3v) is 6.73. The smallest absolute Gasteiger partial charge is 0.260 e. The minimum Gasteiger partial charge on any atom is -0.326 e. The number of hydrogen-bond donors (Lipinski definition) is 2. The number of carbonyl (C=O) groups excluding carboxylic acids is 3. The number of para-hydroxylation sites is 1. The number of rotatable bonds is 7. The molecular formula is C27H23N7O3. The Hall–Kier alpha value is -4.86. The zero-order valence-corrected chi connectivity index (χ0v) is 19.8. The van der Waals surface area contributed by atoms with Gasteiger partial charge in [0.1, 0.15) is 6.17 Å². The Morgan fingerprint density at radius 3 is 2.43 bits per heavy atom. The van der Waals surface area contributed by atoms with Crippen LogP contribution in [0.4, 0.5) is 11.4 Å². The first-order chi connectivity index (χ1) is 18.1. The maximum Gasteiger partial charge on any atom is 0.260 e. The van der Waals surface area contributed by atoms with Gasteiger partial charge in [-0.05, 0) is 42.3 Å². The molecular weight excluding hydrogens is 470 g/mol. The Labute approximate surface area is 212 Å². The number of benzene rings is 3. The fourth-order valence-electron chi connectivity index (χ4n) is 4.94. The number of aryl methyl sites for hydroxylation is 2. The van der Waals surface area contributed by atoms with E-state index in [9.17, 15) is 14.4 Å². The summed E-state index contributed by atoms with van der Waals surface area (Å²) in [5.74, 6) is 0.0994. The van der Waals surface area contributed by atoms with Gasteiger partial charge in [0.2, 0.25) is 5.91 Å². The van der Waals surface area contributed by atoms with Gasteiger partial charge in [-0.1, -0.05) is 47.7 Å². The van der Waals surface area contributed by atoms with Gasteiger partial charge in [-0.25, -0.2) is 0 Å². The van der Waals surface area contributed by atoms with E-state index >= 15 is 0 Å². The topological polar surface area (TPSA) is 124 Å². The summed E-state index contributed by atoms with van der Waals surface area (Å²) in [6, 6.07) is 22.0. The van der Waals surface area contributed by atoms with Gasteiger partial charge in [0, 0.05) is 36.2 Å². The maximum atomic E-state index is 13.5. The van der Waals surface area contributed by atoms with E-state index < -0.39 is 6.17 Å². The van der Waals surface area contributed by atoms with Crippen LogP contribution in [-0.2, 0) is 17.6 Å². The third kappa shape index (κ3) is 4.12. The molecule has 2 aliphatic rings. The van der Waals surface area contributed by atoms with Crippen LogP contribution in [0, 0.1) is 0 Å². The minimum atomic E-state index is -0.572. The summed E-state index contributed by atoms with van der Waals surface area (Å²) >= 11 is 0. The molecule has 3 aromatic carbocycles. The number of H-pyrrole nitrogens is 1. The molecule has 6 rings (SSSR count). The molecule has 10 nitrogen and oxygen atoms in total. The van der Waals surface area contributed by atoms with Gasteiger partial charge in [-0.2, -0.15) is 5.21 Å². The Morgan fingerprint density at radius 2 is 1.65 bits per heavy atom. The van der Waals surface area contributed by atoms with E-state index in [-0.39, 0.29) is 30.7 Å². The number of aromatic nitrogens is 4. The fraction of sp³-hybridized carbons (Fsp3) is 0.185. The molecule has 3 heterocycles. The van der Waals surface area contributed by atoms with Gasteiger partial charge in [0.25, 0.3) is 11.8 Å². The van der Waals surface area contributed by atoms with Gasteiger partial charge in [-0.15, -0.1) is 10.2 Å². The van der Waals surface area contributed by atoms with Crippen molar-refractivity contribution < 1.29 is 14.4 Å². The molecule has 0 unspecified atom stereocenters. The molecule has 0 radical (unpaired) electrons. The second-order valence-corrected chi connectivity index (χ2v) is 8.97.